The van der Waals surface area contributed by atoms with Gasteiger partial charge in [0.05, 0.1) is 12.6 Å². The SMILES string of the molecule is Cc1ccccc1[C@H]1c2[nH]c3ccccc3c2C[C@H]2C(=O)N(CCc3ccc(F)cc3)CC(=O)N12. The summed E-state index contributed by atoms with van der Waals surface area (Å²) < 4.78 is 13.3. The van der Waals surface area contributed by atoms with Crippen molar-refractivity contribution in [3.63, 3.8) is 0 Å². The molecular formula is C29H26FN3O2. The number of hydrogen-bond acceptors (Lipinski definition) is 2. The number of amides is 2. The van der Waals surface area contributed by atoms with E-state index in [4.69, 9.17) is 0 Å². The van der Waals surface area contributed by atoms with E-state index in [0.29, 0.717) is 19.4 Å². The van der Waals surface area contributed by atoms with Crippen LogP contribution >= 0.6 is 0 Å². The number of rotatable bonds is 4. The van der Waals surface area contributed by atoms with Crippen molar-refractivity contribution in [2.45, 2.75) is 31.8 Å². The Morgan fingerprint density at radius 2 is 1.71 bits per heavy atom. The summed E-state index contributed by atoms with van der Waals surface area (Å²) >= 11 is 0. The number of H-pyrrole nitrogens is 1. The van der Waals surface area contributed by atoms with Crippen LogP contribution in [0.4, 0.5) is 4.39 Å². The monoisotopic (exact) mass is 467 g/mol. The lowest BCUT2D eigenvalue weighted by molar-refractivity contribution is -0.158. The van der Waals surface area contributed by atoms with Crippen LogP contribution in [0.5, 0.6) is 0 Å². The third kappa shape index (κ3) is 3.60. The Hall–Kier alpha value is -3.93. The number of aromatic nitrogens is 1. The van der Waals surface area contributed by atoms with E-state index >= 15 is 0 Å². The summed E-state index contributed by atoms with van der Waals surface area (Å²) in [6.07, 6.45) is 1.06. The molecule has 0 spiro atoms. The van der Waals surface area contributed by atoms with Gasteiger partial charge in [-0.2, -0.15) is 0 Å². The standard InChI is InChI=1S/C29H26FN3O2/c1-18-6-2-3-7-21(18)28-27-23(22-8-4-5-9-24(22)31-27)16-25-29(35)32(17-26(34)33(25)28)15-14-19-10-12-20(30)13-11-19/h2-13,25,28,31H,14-17H2,1H3/t25-,28-/m0/s1. The molecule has 0 aliphatic carbocycles. The maximum absolute atomic E-state index is 13.8. The van der Waals surface area contributed by atoms with Crippen molar-refractivity contribution in [3.8, 4) is 0 Å². The highest BCUT2D eigenvalue weighted by atomic mass is 19.1. The van der Waals surface area contributed by atoms with Crippen molar-refractivity contribution in [1.29, 1.82) is 0 Å². The number of halogens is 1. The van der Waals surface area contributed by atoms with E-state index in [9.17, 15) is 14.0 Å². The Kier molecular flexibility index (Phi) is 5.17. The number of carbonyl (C=O) groups excluding carboxylic acids is 2. The first-order valence-corrected chi connectivity index (χ1v) is 12.0. The lowest BCUT2D eigenvalue weighted by Crippen LogP contribution is -2.63. The normalized spacial score (nSPS) is 19.7. The van der Waals surface area contributed by atoms with Gasteiger partial charge >= 0.3 is 0 Å². The molecule has 0 radical (unpaired) electrons. The van der Waals surface area contributed by atoms with Crippen molar-refractivity contribution >= 4 is 22.7 Å². The Balaban J connectivity index is 1.39. The molecular weight excluding hydrogens is 441 g/mol. The topological polar surface area (TPSA) is 56.4 Å². The van der Waals surface area contributed by atoms with E-state index < -0.39 is 6.04 Å². The molecule has 1 aromatic heterocycles. The summed E-state index contributed by atoms with van der Waals surface area (Å²) in [7, 11) is 0. The van der Waals surface area contributed by atoms with E-state index in [-0.39, 0.29) is 30.2 Å². The van der Waals surface area contributed by atoms with Gasteiger partial charge in [0, 0.05) is 29.6 Å². The van der Waals surface area contributed by atoms with E-state index in [1.165, 1.54) is 12.1 Å². The highest BCUT2D eigenvalue weighted by Gasteiger charge is 2.48. The number of benzene rings is 3. The first-order chi connectivity index (χ1) is 17.0. The zero-order valence-electron chi connectivity index (χ0n) is 19.5. The average molecular weight is 468 g/mol. The molecule has 2 aliphatic rings. The summed E-state index contributed by atoms with van der Waals surface area (Å²) in [5, 5.41) is 1.10. The van der Waals surface area contributed by atoms with Gasteiger partial charge in [-0.3, -0.25) is 9.59 Å². The third-order valence-corrected chi connectivity index (χ3v) is 7.41. The number of piperazine rings is 1. The molecule has 5 nitrogen and oxygen atoms in total. The van der Waals surface area contributed by atoms with E-state index in [1.54, 1.807) is 21.9 Å². The van der Waals surface area contributed by atoms with E-state index in [0.717, 1.165) is 38.9 Å². The van der Waals surface area contributed by atoms with Crippen LogP contribution in [-0.4, -0.2) is 45.7 Å². The van der Waals surface area contributed by atoms with Crippen LogP contribution in [0.15, 0.2) is 72.8 Å². The number of para-hydroxylation sites is 1. The molecule has 6 heteroatoms. The van der Waals surface area contributed by atoms with Gasteiger partial charge in [-0.1, -0.05) is 54.6 Å². The summed E-state index contributed by atoms with van der Waals surface area (Å²) in [6, 6.07) is 21.6. The predicted octanol–water partition coefficient (Wildman–Crippen LogP) is 4.54. The number of carbonyl (C=O) groups is 2. The Morgan fingerprint density at radius 1 is 0.971 bits per heavy atom. The van der Waals surface area contributed by atoms with E-state index in [2.05, 4.69) is 17.1 Å². The molecule has 35 heavy (non-hydrogen) atoms. The molecule has 2 amide bonds. The molecule has 0 saturated carbocycles. The summed E-state index contributed by atoms with van der Waals surface area (Å²) in [4.78, 5) is 34.4. The molecule has 6 rings (SSSR count). The van der Waals surface area contributed by atoms with Gasteiger partial charge in [0.15, 0.2) is 0 Å². The van der Waals surface area contributed by atoms with Crippen molar-refractivity contribution in [1.82, 2.24) is 14.8 Å². The average Bonchev–Trinajstić information content (AvgIpc) is 3.24. The fourth-order valence-electron chi connectivity index (χ4n) is 5.65. The van der Waals surface area contributed by atoms with Gasteiger partial charge in [-0.05, 0) is 53.8 Å². The smallest absolute Gasteiger partial charge is 0.246 e. The van der Waals surface area contributed by atoms with Crippen LogP contribution in [-0.2, 0) is 22.4 Å². The van der Waals surface area contributed by atoms with Gasteiger partial charge in [0.1, 0.15) is 11.9 Å². The maximum atomic E-state index is 13.8. The number of nitrogens with one attached hydrogen (secondary N) is 1. The molecule has 2 atom stereocenters. The highest BCUT2D eigenvalue weighted by molar-refractivity contribution is 5.97. The van der Waals surface area contributed by atoms with Crippen LogP contribution in [0.25, 0.3) is 10.9 Å². The summed E-state index contributed by atoms with van der Waals surface area (Å²) in [5.41, 5.74) is 6.18. The number of aryl methyl sites for hydroxylation is 1. The molecule has 0 unspecified atom stereocenters. The fourth-order valence-corrected chi connectivity index (χ4v) is 5.65. The molecule has 4 aromatic rings. The van der Waals surface area contributed by atoms with Crippen LogP contribution in [0.1, 0.15) is 34.0 Å². The molecule has 1 N–H and O–H groups in total. The van der Waals surface area contributed by atoms with Crippen molar-refractivity contribution in [3.05, 3.63) is 107 Å². The van der Waals surface area contributed by atoms with Gasteiger partial charge in [0.2, 0.25) is 11.8 Å². The molecule has 1 fully saturated rings. The van der Waals surface area contributed by atoms with Gasteiger partial charge < -0.3 is 14.8 Å². The molecule has 176 valence electrons. The first kappa shape index (κ1) is 21.6. The second-order valence-electron chi connectivity index (χ2n) is 9.48. The maximum Gasteiger partial charge on any atom is 0.246 e. The van der Waals surface area contributed by atoms with Crippen LogP contribution in [0.3, 0.4) is 0 Å². The summed E-state index contributed by atoms with van der Waals surface area (Å²) in [6.45, 7) is 2.53. The first-order valence-electron chi connectivity index (χ1n) is 12.0. The molecule has 1 saturated heterocycles. The third-order valence-electron chi connectivity index (χ3n) is 7.41. The van der Waals surface area contributed by atoms with Crippen LogP contribution in [0.2, 0.25) is 0 Å². The lowest BCUT2D eigenvalue weighted by atomic mass is 9.85. The highest BCUT2D eigenvalue weighted by Crippen LogP contribution is 2.43. The minimum Gasteiger partial charge on any atom is -0.356 e. The van der Waals surface area contributed by atoms with Crippen LogP contribution < -0.4 is 0 Å². The second-order valence-corrected chi connectivity index (χ2v) is 9.48. The molecule has 3 heterocycles. The minimum absolute atomic E-state index is 0.0266. The Morgan fingerprint density at radius 3 is 2.51 bits per heavy atom. The van der Waals surface area contributed by atoms with Crippen molar-refractivity contribution in [2.24, 2.45) is 0 Å². The number of fused-ring (bicyclic) bond motifs is 4. The molecule has 0 bridgehead atoms. The Bertz CT molecular complexity index is 1440. The minimum atomic E-state index is -0.555. The number of nitrogens with zero attached hydrogens (tertiary/aromatic N) is 2. The molecule has 2 aliphatic heterocycles. The van der Waals surface area contributed by atoms with E-state index in [1.807, 2.05) is 43.3 Å². The Labute approximate surface area is 203 Å². The second kappa shape index (κ2) is 8.38. The largest absolute Gasteiger partial charge is 0.356 e. The lowest BCUT2D eigenvalue weighted by Gasteiger charge is -2.47. The zero-order valence-corrected chi connectivity index (χ0v) is 19.5. The fraction of sp³-hybridized carbons (Fsp3) is 0.241. The van der Waals surface area contributed by atoms with Gasteiger partial charge in [-0.25, -0.2) is 4.39 Å². The van der Waals surface area contributed by atoms with Crippen molar-refractivity contribution in [2.75, 3.05) is 13.1 Å². The van der Waals surface area contributed by atoms with Gasteiger partial charge in [-0.15, -0.1) is 0 Å². The number of hydrogen-bond donors (Lipinski definition) is 1. The summed E-state index contributed by atoms with van der Waals surface area (Å²) in [5.74, 6) is -0.361. The quantitative estimate of drug-likeness (QED) is 0.479. The molecule has 3 aromatic carbocycles. The van der Waals surface area contributed by atoms with Gasteiger partial charge in [0.25, 0.3) is 0 Å². The predicted molar refractivity (Wildman–Crippen MR) is 132 cm³/mol. The number of aromatic amines is 1. The van der Waals surface area contributed by atoms with Crippen molar-refractivity contribution < 1.29 is 14.0 Å². The zero-order chi connectivity index (χ0) is 24.1. The van der Waals surface area contributed by atoms with Crippen LogP contribution in [0, 0.1) is 12.7 Å².